The lowest BCUT2D eigenvalue weighted by molar-refractivity contribution is -0.146. The number of rotatable bonds is 6. The molecule has 7 heteroatoms. The molecule has 0 aliphatic heterocycles. The molecule has 0 unspecified atom stereocenters. The first-order valence-corrected chi connectivity index (χ1v) is 12.4. The molecule has 0 radical (unpaired) electrons. The molecule has 1 aliphatic carbocycles. The van der Waals surface area contributed by atoms with Crippen LogP contribution in [0.4, 0.5) is 0 Å². The van der Waals surface area contributed by atoms with Crippen molar-refractivity contribution in [3.05, 3.63) is 77.2 Å². The van der Waals surface area contributed by atoms with Gasteiger partial charge >= 0.3 is 5.97 Å². The van der Waals surface area contributed by atoms with Crippen molar-refractivity contribution in [1.82, 2.24) is 14.9 Å². The first kappa shape index (κ1) is 23.4. The van der Waals surface area contributed by atoms with Crippen molar-refractivity contribution < 1.29 is 14.3 Å². The van der Waals surface area contributed by atoms with Crippen molar-refractivity contribution in [3.63, 3.8) is 0 Å². The Morgan fingerprint density at radius 2 is 1.83 bits per heavy atom. The van der Waals surface area contributed by atoms with E-state index in [0.29, 0.717) is 29.6 Å². The molecule has 0 saturated heterocycles. The molecule has 35 heavy (non-hydrogen) atoms. The van der Waals surface area contributed by atoms with Gasteiger partial charge in [0.1, 0.15) is 0 Å². The van der Waals surface area contributed by atoms with Gasteiger partial charge < -0.3 is 14.6 Å². The Bertz CT molecular complexity index is 1390. The third-order valence-corrected chi connectivity index (χ3v) is 7.24. The summed E-state index contributed by atoms with van der Waals surface area (Å²) < 4.78 is 6.93. The number of methoxy groups -OCH3 is 1. The highest BCUT2D eigenvalue weighted by Crippen LogP contribution is 2.30. The largest absolute Gasteiger partial charge is 0.469 e. The summed E-state index contributed by atoms with van der Waals surface area (Å²) in [6.45, 7) is 1.13. The van der Waals surface area contributed by atoms with Gasteiger partial charge in [-0.3, -0.25) is 14.6 Å². The first-order chi connectivity index (χ1) is 17.0. The summed E-state index contributed by atoms with van der Waals surface area (Å²) >= 11 is 6.37. The summed E-state index contributed by atoms with van der Waals surface area (Å²) in [6, 6.07) is 15.8. The Morgan fingerprint density at radius 3 is 2.60 bits per heavy atom. The second-order valence-corrected chi connectivity index (χ2v) is 9.74. The molecule has 1 fully saturated rings. The highest BCUT2D eigenvalue weighted by atomic mass is 35.5. The zero-order chi connectivity index (χ0) is 24.4. The van der Waals surface area contributed by atoms with Gasteiger partial charge in [0, 0.05) is 34.7 Å². The van der Waals surface area contributed by atoms with Gasteiger partial charge in [0.25, 0.3) is 5.91 Å². The van der Waals surface area contributed by atoms with E-state index in [1.54, 1.807) is 6.07 Å². The number of carbonyl (C=O) groups excluding carboxylic acids is 2. The molecule has 1 amide bonds. The molecule has 180 valence electrons. The Kier molecular flexibility index (Phi) is 6.73. The minimum absolute atomic E-state index is 0.0218. The van der Waals surface area contributed by atoms with E-state index in [4.69, 9.17) is 16.3 Å². The topological polar surface area (TPSA) is 73.2 Å². The van der Waals surface area contributed by atoms with Crippen molar-refractivity contribution >= 4 is 45.2 Å². The van der Waals surface area contributed by atoms with Gasteiger partial charge in [-0.15, -0.1) is 0 Å². The smallest absolute Gasteiger partial charge is 0.308 e. The number of benzene rings is 2. The standard InChI is InChI=1S/C28H28ClN3O3/c1-35-28(34)19-8-6-18(7-9-19)15-31-27(33)25-14-23(29)12-21-10-11-32(26(21)25)17-24-13-20-4-2-3-5-22(20)16-30-24/h2-5,10-14,16,18-19H,6-9,15,17H2,1H3,(H,31,33). The molecule has 1 N–H and O–H groups in total. The number of nitrogens with one attached hydrogen (secondary N) is 1. The van der Waals surface area contributed by atoms with E-state index in [0.717, 1.165) is 53.1 Å². The van der Waals surface area contributed by atoms with Crippen molar-refractivity contribution in [2.45, 2.75) is 32.2 Å². The average molecular weight is 490 g/mol. The number of hydrogen-bond donors (Lipinski definition) is 1. The van der Waals surface area contributed by atoms with Gasteiger partial charge in [-0.1, -0.05) is 35.9 Å². The third kappa shape index (κ3) is 5.03. The predicted octanol–water partition coefficient (Wildman–Crippen LogP) is 5.60. The third-order valence-electron chi connectivity index (χ3n) is 7.02. The Hall–Kier alpha value is -3.38. The number of ether oxygens (including phenoxy) is 1. The van der Waals surface area contributed by atoms with E-state index in [-0.39, 0.29) is 17.8 Å². The SMILES string of the molecule is COC(=O)C1CCC(CNC(=O)c2cc(Cl)cc3ccn(Cc4cc5ccccc5cn4)c23)CC1. The summed E-state index contributed by atoms with van der Waals surface area (Å²) in [6.07, 6.45) is 7.26. The van der Waals surface area contributed by atoms with E-state index in [1.165, 1.54) is 7.11 Å². The van der Waals surface area contributed by atoms with E-state index in [9.17, 15) is 9.59 Å². The summed E-state index contributed by atoms with van der Waals surface area (Å²) in [5.41, 5.74) is 2.32. The van der Waals surface area contributed by atoms with Gasteiger partial charge in [0.05, 0.1) is 36.3 Å². The molecule has 2 aromatic heterocycles. The van der Waals surface area contributed by atoms with Crippen LogP contribution in [0.5, 0.6) is 0 Å². The highest BCUT2D eigenvalue weighted by Gasteiger charge is 2.27. The van der Waals surface area contributed by atoms with Gasteiger partial charge in [-0.2, -0.15) is 0 Å². The molecule has 1 saturated carbocycles. The fourth-order valence-corrected chi connectivity index (χ4v) is 5.34. The predicted molar refractivity (Wildman–Crippen MR) is 138 cm³/mol. The van der Waals surface area contributed by atoms with E-state index < -0.39 is 0 Å². The van der Waals surface area contributed by atoms with Crippen LogP contribution >= 0.6 is 11.6 Å². The van der Waals surface area contributed by atoms with Gasteiger partial charge in [-0.25, -0.2) is 0 Å². The maximum absolute atomic E-state index is 13.3. The molecule has 5 rings (SSSR count). The van der Waals surface area contributed by atoms with Crippen molar-refractivity contribution in [2.24, 2.45) is 11.8 Å². The maximum Gasteiger partial charge on any atom is 0.308 e. The minimum Gasteiger partial charge on any atom is -0.469 e. The summed E-state index contributed by atoms with van der Waals surface area (Å²) in [4.78, 5) is 29.7. The van der Waals surface area contributed by atoms with Crippen LogP contribution in [0.15, 0.2) is 60.9 Å². The Morgan fingerprint density at radius 1 is 1.06 bits per heavy atom. The van der Waals surface area contributed by atoms with Crippen LogP contribution in [-0.2, 0) is 16.1 Å². The lowest BCUT2D eigenvalue weighted by atomic mass is 9.82. The number of halogens is 1. The van der Waals surface area contributed by atoms with Crippen LogP contribution in [0, 0.1) is 11.8 Å². The Labute approximate surface area is 209 Å². The molecule has 1 aliphatic rings. The summed E-state index contributed by atoms with van der Waals surface area (Å²) in [5, 5.41) is 6.79. The maximum atomic E-state index is 13.3. The van der Waals surface area contributed by atoms with E-state index in [1.807, 2.05) is 42.7 Å². The monoisotopic (exact) mass is 489 g/mol. The molecule has 0 atom stereocenters. The van der Waals surface area contributed by atoms with Crippen molar-refractivity contribution in [2.75, 3.05) is 13.7 Å². The summed E-state index contributed by atoms with van der Waals surface area (Å²) in [7, 11) is 1.44. The number of amides is 1. The average Bonchev–Trinajstić information content (AvgIpc) is 3.28. The van der Waals surface area contributed by atoms with Crippen LogP contribution in [0.1, 0.15) is 41.7 Å². The first-order valence-electron chi connectivity index (χ1n) is 12.0. The van der Waals surface area contributed by atoms with E-state index in [2.05, 4.69) is 27.0 Å². The molecular formula is C28H28ClN3O3. The van der Waals surface area contributed by atoms with Crippen molar-refractivity contribution in [3.8, 4) is 0 Å². The number of aromatic nitrogens is 2. The van der Waals surface area contributed by atoms with E-state index >= 15 is 0 Å². The molecule has 0 spiro atoms. The minimum atomic E-state index is -0.140. The quantitative estimate of drug-likeness (QED) is 0.358. The normalized spacial score (nSPS) is 18.0. The number of pyridine rings is 1. The zero-order valence-corrected chi connectivity index (χ0v) is 20.4. The van der Waals surface area contributed by atoms with Crippen LogP contribution in [0.25, 0.3) is 21.7 Å². The lowest BCUT2D eigenvalue weighted by Crippen LogP contribution is -2.33. The molecule has 2 heterocycles. The van der Waals surface area contributed by atoms with Crippen LogP contribution in [0.3, 0.4) is 0 Å². The second-order valence-electron chi connectivity index (χ2n) is 9.31. The zero-order valence-electron chi connectivity index (χ0n) is 19.7. The Balaban J connectivity index is 1.33. The van der Waals surface area contributed by atoms with Crippen molar-refractivity contribution in [1.29, 1.82) is 0 Å². The van der Waals surface area contributed by atoms with Gasteiger partial charge in [0.15, 0.2) is 0 Å². The number of nitrogens with zero attached hydrogens (tertiary/aromatic N) is 2. The number of carbonyl (C=O) groups is 2. The van der Waals surface area contributed by atoms with Gasteiger partial charge in [0.2, 0.25) is 0 Å². The fraction of sp³-hybridized carbons (Fsp3) is 0.321. The number of esters is 1. The highest BCUT2D eigenvalue weighted by molar-refractivity contribution is 6.32. The van der Waals surface area contributed by atoms with Crippen LogP contribution in [0.2, 0.25) is 5.02 Å². The molecule has 4 aromatic rings. The van der Waals surface area contributed by atoms with Gasteiger partial charge in [-0.05, 0) is 61.3 Å². The molecule has 0 bridgehead atoms. The molecular weight excluding hydrogens is 462 g/mol. The second kappa shape index (κ2) is 10.1. The number of hydrogen-bond acceptors (Lipinski definition) is 4. The van der Waals surface area contributed by atoms with Crippen LogP contribution in [-0.4, -0.2) is 35.1 Å². The molecule has 2 aromatic carbocycles. The fourth-order valence-electron chi connectivity index (χ4n) is 5.11. The van der Waals surface area contributed by atoms with Crippen LogP contribution < -0.4 is 5.32 Å². The number of fused-ring (bicyclic) bond motifs is 2. The lowest BCUT2D eigenvalue weighted by Gasteiger charge is -2.27. The summed E-state index contributed by atoms with van der Waals surface area (Å²) in [5.74, 6) is 0.0594. The molecule has 6 nitrogen and oxygen atoms in total.